The predicted molar refractivity (Wildman–Crippen MR) is 118 cm³/mol. The van der Waals surface area contributed by atoms with Gasteiger partial charge in [-0.3, -0.25) is 14.4 Å². The maximum atomic E-state index is 12.6. The van der Waals surface area contributed by atoms with Gasteiger partial charge in [0, 0.05) is 51.2 Å². The molecule has 2 N–H and O–H groups in total. The molecule has 1 aromatic carbocycles. The number of carbonyl (C=O) groups excluding carboxylic acids is 1. The zero-order valence-corrected chi connectivity index (χ0v) is 17.8. The van der Waals surface area contributed by atoms with Crippen LogP contribution in [0.3, 0.4) is 0 Å². The molecule has 2 fully saturated rings. The molecule has 7 nitrogen and oxygen atoms in total. The normalized spacial score (nSPS) is 20.8. The number of nitrogens with zero attached hydrogens (tertiary/aromatic N) is 4. The lowest BCUT2D eigenvalue weighted by Crippen LogP contribution is -2.43. The van der Waals surface area contributed by atoms with Gasteiger partial charge in [0.15, 0.2) is 5.69 Å². The molecule has 1 aromatic heterocycles. The van der Waals surface area contributed by atoms with Crippen LogP contribution in [-0.2, 0) is 6.54 Å². The molecule has 4 rings (SSSR count). The van der Waals surface area contributed by atoms with Gasteiger partial charge in [0.2, 0.25) is 0 Å². The van der Waals surface area contributed by atoms with E-state index in [1.54, 1.807) is 6.07 Å². The molecule has 2 aliphatic rings. The van der Waals surface area contributed by atoms with E-state index >= 15 is 0 Å². The minimum Gasteiger partial charge on any atom is -0.321 e. The van der Waals surface area contributed by atoms with Gasteiger partial charge in [0.05, 0.1) is 6.04 Å². The second-order valence-corrected chi connectivity index (χ2v) is 7.92. The third-order valence-electron chi connectivity index (χ3n) is 5.67. The van der Waals surface area contributed by atoms with Gasteiger partial charge in [-0.25, -0.2) is 0 Å². The van der Waals surface area contributed by atoms with E-state index in [0.29, 0.717) is 11.7 Å². The highest BCUT2D eigenvalue weighted by Gasteiger charge is 2.18. The summed E-state index contributed by atoms with van der Waals surface area (Å²) in [6.07, 6.45) is 4.16. The molecule has 8 heteroatoms. The van der Waals surface area contributed by atoms with Gasteiger partial charge in [-0.15, -0.1) is 12.4 Å². The van der Waals surface area contributed by atoms with E-state index in [1.165, 1.54) is 5.56 Å². The molecule has 0 radical (unpaired) electrons. The summed E-state index contributed by atoms with van der Waals surface area (Å²) in [5.74, 6) is -0.153. The summed E-state index contributed by atoms with van der Waals surface area (Å²) in [6, 6.07) is 10.3. The van der Waals surface area contributed by atoms with Gasteiger partial charge in [0.25, 0.3) is 5.91 Å². The summed E-state index contributed by atoms with van der Waals surface area (Å²) in [6.45, 7) is 7.28. The molecule has 0 saturated carbocycles. The molecule has 2 saturated heterocycles. The summed E-state index contributed by atoms with van der Waals surface area (Å²) >= 11 is 0. The van der Waals surface area contributed by atoms with E-state index in [0.717, 1.165) is 64.3 Å². The fourth-order valence-electron chi connectivity index (χ4n) is 3.93. The van der Waals surface area contributed by atoms with E-state index in [1.807, 2.05) is 23.0 Å². The SMILES string of the molecule is CN1CCN(Cc2cccc(NC(=O)c3ccn(C4CCCNC4)n3)c2)CC1.Cl. The number of amides is 1. The molecule has 3 heterocycles. The van der Waals surface area contributed by atoms with Crippen LogP contribution in [0, 0.1) is 0 Å². The highest BCUT2D eigenvalue weighted by Crippen LogP contribution is 2.17. The largest absolute Gasteiger partial charge is 0.321 e. The Kier molecular flexibility index (Phi) is 7.66. The van der Waals surface area contributed by atoms with Crippen LogP contribution in [0.5, 0.6) is 0 Å². The molecule has 1 unspecified atom stereocenters. The van der Waals surface area contributed by atoms with Crippen molar-refractivity contribution in [3.63, 3.8) is 0 Å². The quantitative estimate of drug-likeness (QED) is 0.779. The molecule has 0 spiro atoms. The Bertz CT molecular complexity index is 796. The van der Waals surface area contributed by atoms with Gasteiger partial charge in [0.1, 0.15) is 0 Å². The third kappa shape index (κ3) is 5.79. The average Bonchev–Trinajstić information content (AvgIpc) is 3.21. The minimum atomic E-state index is -0.153. The van der Waals surface area contributed by atoms with Crippen LogP contribution in [0.1, 0.15) is 34.9 Å². The standard InChI is InChI=1S/C21H30N6O.ClH/c1-25-10-12-26(13-11-25)16-17-4-2-5-18(14-17)23-21(28)20-7-9-27(24-20)19-6-3-8-22-15-19;/h2,4-5,7,9,14,19,22H,3,6,8,10-13,15-16H2,1H3,(H,23,28);1H. The van der Waals surface area contributed by atoms with Crippen LogP contribution < -0.4 is 10.6 Å². The van der Waals surface area contributed by atoms with Crippen LogP contribution in [0.2, 0.25) is 0 Å². The topological polar surface area (TPSA) is 65.4 Å². The van der Waals surface area contributed by atoms with Crippen LogP contribution in [0.25, 0.3) is 0 Å². The number of benzene rings is 1. The highest BCUT2D eigenvalue weighted by atomic mass is 35.5. The predicted octanol–water partition coefficient (Wildman–Crippen LogP) is 2.23. The molecule has 2 aromatic rings. The Morgan fingerprint density at radius 2 is 2.07 bits per heavy atom. The van der Waals surface area contributed by atoms with Crippen LogP contribution in [-0.4, -0.2) is 71.8 Å². The number of hydrogen-bond donors (Lipinski definition) is 2. The van der Waals surface area contributed by atoms with E-state index in [9.17, 15) is 4.79 Å². The average molecular weight is 419 g/mol. The van der Waals surface area contributed by atoms with Gasteiger partial charge in [-0.2, -0.15) is 5.10 Å². The Hall–Kier alpha value is -1.93. The van der Waals surface area contributed by atoms with Crippen LogP contribution in [0.4, 0.5) is 5.69 Å². The van der Waals surface area contributed by atoms with Gasteiger partial charge in [-0.05, 0) is 50.2 Å². The van der Waals surface area contributed by atoms with Crippen molar-refractivity contribution in [1.82, 2.24) is 24.9 Å². The minimum absolute atomic E-state index is 0. The molecule has 0 bridgehead atoms. The number of nitrogens with one attached hydrogen (secondary N) is 2. The highest BCUT2D eigenvalue weighted by molar-refractivity contribution is 6.02. The maximum Gasteiger partial charge on any atom is 0.276 e. The fraction of sp³-hybridized carbons (Fsp3) is 0.524. The van der Waals surface area contributed by atoms with E-state index in [-0.39, 0.29) is 18.3 Å². The zero-order valence-electron chi connectivity index (χ0n) is 17.0. The number of hydrogen-bond acceptors (Lipinski definition) is 5. The van der Waals surface area contributed by atoms with Crippen LogP contribution >= 0.6 is 12.4 Å². The van der Waals surface area contributed by atoms with Crippen molar-refractivity contribution in [2.45, 2.75) is 25.4 Å². The summed E-state index contributed by atoms with van der Waals surface area (Å²) < 4.78 is 1.92. The summed E-state index contributed by atoms with van der Waals surface area (Å²) in [5.41, 5.74) is 2.52. The number of piperazine rings is 1. The molecule has 0 aliphatic carbocycles. The number of likely N-dealkylation sites (N-methyl/N-ethyl adjacent to an activating group) is 1. The van der Waals surface area contributed by atoms with Gasteiger partial charge in [-0.1, -0.05) is 12.1 Å². The number of halogens is 1. The van der Waals surface area contributed by atoms with Crippen molar-refractivity contribution in [2.75, 3.05) is 51.6 Å². The summed E-state index contributed by atoms with van der Waals surface area (Å²) in [7, 11) is 2.17. The molecule has 1 atom stereocenters. The van der Waals surface area contributed by atoms with Crippen molar-refractivity contribution < 1.29 is 4.79 Å². The van der Waals surface area contributed by atoms with Crippen molar-refractivity contribution in [3.05, 3.63) is 47.8 Å². The smallest absolute Gasteiger partial charge is 0.276 e. The van der Waals surface area contributed by atoms with Crippen molar-refractivity contribution in [2.24, 2.45) is 0 Å². The Morgan fingerprint density at radius 1 is 1.24 bits per heavy atom. The van der Waals surface area contributed by atoms with Crippen molar-refractivity contribution >= 4 is 24.0 Å². The molecule has 158 valence electrons. The first-order valence-corrected chi connectivity index (χ1v) is 10.2. The maximum absolute atomic E-state index is 12.6. The zero-order chi connectivity index (χ0) is 19.3. The van der Waals surface area contributed by atoms with E-state index in [2.05, 4.69) is 44.7 Å². The first-order valence-electron chi connectivity index (χ1n) is 10.2. The first-order chi connectivity index (χ1) is 13.7. The fourth-order valence-corrected chi connectivity index (χ4v) is 3.93. The Balaban J connectivity index is 0.00000240. The van der Waals surface area contributed by atoms with E-state index < -0.39 is 0 Å². The lowest BCUT2D eigenvalue weighted by molar-refractivity contribution is 0.102. The second kappa shape index (κ2) is 10.2. The van der Waals surface area contributed by atoms with Gasteiger partial charge < -0.3 is 15.5 Å². The van der Waals surface area contributed by atoms with Crippen LogP contribution in [0.15, 0.2) is 36.5 Å². The van der Waals surface area contributed by atoms with E-state index in [4.69, 9.17) is 0 Å². The molecular weight excluding hydrogens is 388 g/mol. The monoisotopic (exact) mass is 418 g/mol. The molecule has 29 heavy (non-hydrogen) atoms. The Labute approximate surface area is 178 Å². The van der Waals surface area contributed by atoms with Crippen molar-refractivity contribution in [3.8, 4) is 0 Å². The number of piperidine rings is 1. The third-order valence-corrected chi connectivity index (χ3v) is 5.67. The number of rotatable bonds is 5. The molecular formula is C21H31ClN6O. The lowest BCUT2D eigenvalue weighted by atomic mass is 10.1. The second-order valence-electron chi connectivity index (χ2n) is 7.92. The molecule has 2 aliphatic heterocycles. The number of carbonyl (C=O) groups is 1. The number of anilines is 1. The summed E-state index contributed by atoms with van der Waals surface area (Å²) in [4.78, 5) is 17.4. The van der Waals surface area contributed by atoms with Gasteiger partial charge >= 0.3 is 0 Å². The first kappa shape index (κ1) is 21.8. The lowest BCUT2D eigenvalue weighted by Gasteiger charge is -2.32. The van der Waals surface area contributed by atoms with Crippen molar-refractivity contribution in [1.29, 1.82) is 0 Å². The number of aromatic nitrogens is 2. The Morgan fingerprint density at radius 3 is 2.83 bits per heavy atom. The molecule has 1 amide bonds. The summed E-state index contributed by atoms with van der Waals surface area (Å²) in [5, 5.41) is 10.9.